The van der Waals surface area contributed by atoms with Crippen molar-refractivity contribution in [2.24, 2.45) is 0 Å². The molecule has 18 heavy (non-hydrogen) atoms. The van der Waals surface area contributed by atoms with Gasteiger partial charge in [-0.2, -0.15) is 13.2 Å². The highest BCUT2D eigenvalue weighted by Crippen LogP contribution is 2.30. The molecule has 1 aromatic rings. The molecule has 0 saturated carbocycles. The lowest BCUT2D eigenvalue weighted by atomic mass is 10.1. The van der Waals surface area contributed by atoms with Crippen molar-refractivity contribution in [3.8, 4) is 0 Å². The molecule has 1 aromatic carbocycles. The van der Waals surface area contributed by atoms with Crippen molar-refractivity contribution in [1.29, 1.82) is 0 Å². The zero-order valence-electron chi connectivity index (χ0n) is 9.95. The van der Waals surface area contributed by atoms with Crippen LogP contribution in [0.3, 0.4) is 0 Å². The molecule has 5 heteroatoms. The van der Waals surface area contributed by atoms with Gasteiger partial charge in [0.1, 0.15) is 0 Å². The number of likely N-dealkylation sites (tertiary alicyclic amines) is 1. The second-order valence-corrected chi connectivity index (χ2v) is 4.65. The highest BCUT2D eigenvalue weighted by atomic mass is 19.4. The highest BCUT2D eigenvalue weighted by molar-refractivity contribution is 5.25. The minimum absolute atomic E-state index is 0.0684. The Kier molecular flexibility index (Phi) is 3.92. The van der Waals surface area contributed by atoms with Crippen LogP contribution in [0.5, 0.6) is 0 Å². The summed E-state index contributed by atoms with van der Waals surface area (Å²) in [6, 6.07) is 5.48. The van der Waals surface area contributed by atoms with Gasteiger partial charge in [0.2, 0.25) is 0 Å². The Balaban J connectivity index is 2.10. The fourth-order valence-corrected chi connectivity index (χ4v) is 2.39. The lowest BCUT2D eigenvalue weighted by molar-refractivity contribution is -0.137. The summed E-state index contributed by atoms with van der Waals surface area (Å²) in [6.07, 6.45) is -2.39. The Morgan fingerprint density at radius 2 is 2.11 bits per heavy atom. The van der Waals surface area contributed by atoms with Crippen LogP contribution < -0.4 is 0 Å². The normalized spacial score (nSPS) is 21.4. The first-order valence-electron chi connectivity index (χ1n) is 6.02. The average Bonchev–Trinajstić information content (AvgIpc) is 2.75. The van der Waals surface area contributed by atoms with Crippen molar-refractivity contribution in [1.82, 2.24) is 4.90 Å². The number of hydrogen-bond donors (Lipinski definition) is 1. The zero-order valence-corrected chi connectivity index (χ0v) is 9.95. The number of nitrogens with zero attached hydrogens (tertiary/aromatic N) is 1. The standard InChI is InChI=1S/C13H16F3NO/c14-13(15,16)11-4-1-3-10(7-11)8-17-6-2-5-12(17)9-18/h1,3-4,7,12,18H,2,5-6,8-9H2/t12-/m0/s1. The number of benzene rings is 1. The van der Waals surface area contributed by atoms with Crippen LogP contribution in [0.2, 0.25) is 0 Å². The molecular weight excluding hydrogens is 243 g/mol. The van der Waals surface area contributed by atoms with Gasteiger partial charge in [0.05, 0.1) is 12.2 Å². The Hall–Kier alpha value is -1.07. The fourth-order valence-electron chi connectivity index (χ4n) is 2.39. The van der Waals surface area contributed by atoms with Crippen molar-refractivity contribution in [3.63, 3.8) is 0 Å². The molecule has 1 fully saturated rings. The quantitative estimate of drug-likeness (QED) is 0.902. The zero-order chi connectivity index (χ0) is 13.2. The van der Waals surface area contributed by atoms with Gasteiger partial charge in [-0.05, 0) is 31.0 Å². The Morgan fingerprint density at radius 3 is 2.78 bits per heavy atom. The predicted octanol–water partition coefficient (Wildman–Crippen LogP) is 2.66. The first-order chi connectivity index (χ1) is 8.50. The molecule has 0 aromatic heterocycles. The summed E-state index contributed by atoms with van der Waals surface area (Å²) in [4.78, 5) is 2.04. The molecule has 1 saturated heterocycles. The predicted molar refractivity (Wildman–Crippen MR) is 62.0 cm³/mol. The van der Waals surface area contributed by atoms with Crippen molar-refractivity contribution < 1.29 is 18.3 Å². The van der Waals surface area contributed by atoms with Gasteiger partial charge in [0, 0.05) is 12.6 Å². The Morgan fingerprint density at radius 1 is 1.33 bits per heavy atom. The highest BCUT2D eigenvalue weighted by Gasteiger charge is 2.31. The van der Waals surface area contributed by atoms with E-state index in [1.54, 1.807) is 6.07 Å². The minimum atomic E-state index is -4.29. The van der Waals surface area contributed by atoms with E-state index in [9.17, 15) is 18.3 Å². The molecule has 1 aliphatic heterocycles. The monoisotopic (exact) mass is 259 g/mol. The summed E-state index contributed by atoms with van der Waals surface area (Å²) in [5, 5.41) is 9.18. The lowest BCUT2D eigenvalue weighted by Gasteiger charge is -2.23. The third-order valence-electron chi connectivity index (χ3n) is 3.35. The van der Waals surface area contributed by atoms with Crippen LogP contribution in [0, 0.1) is 0 Å². The summed E-state index contributed by atoms with van der Waals surface area (Å²) in [5.74, 6) is 0. The maximum atomic E-state index is 12.6. The van der Waals surface area contributed by atoms with E-state index in [0.29, 0.717) is 12.1 Å². The van der Waals surface area contributed by atoms with E-state index in [-0.39, 0.29) is 12.6 Å². The first-order valence-corrected chi connectivity index (χ1v) is 6.02. The minimum Gasteiger partial charge on any atom is -0.395 e. The number of hydrogen-bond acceptors (Lipinski definition) is 2. The lowest BCUT2D eigenvalue weighted by Crippen LogP contribution is -2.31. The van der Waals surface area contributed by atoms with Crippen molar-refractivity contribution in [2.75, 3.05) is 13.2 Å². The van der Waals surface area contributed by atoms with Crippen LogP contribution in [0.1, 0.15) is 24.0 Å². The van der Waals surface area contributed by atoms with Gasteiger partial charge in [-0.25, -0.2) is 0 Å². The van der Waals surface area contributed by atoms with Crippen LogP contribution in [-0.2, 0) is 12.7 Å². The van der Waals surface area contributed by atoms with E-state index < -0.39 is 11.7 Å². The van der Waals surface area contributed by atoms with Crippen molar-refractivity contribution >= 4 is 0 Å². The van der Waals surface area contributed by atoms with Crippen molar-refractivity contribution in [3.05, 3.63) is 35.4 Å². The van der Waals surface area contributed by atoms with E-state index in [0.717, 1.165) is 25.5 Å². The van der Waals surface area contributed by atoms with E-state index in [1.165, 1.54) is 12.1 Å². The molecule has 0 bridgehead atoms. The molecule has 1 atom stereocenters. The SMILES string of the molecule is OC[C@@H]1CCCN1Cc1cccc(C(F)(F)F)c1. The van der Waals surface area contributed by atoms with Gasteiger partial charge in [0.25, 0.3) is 0 Å². The molecule has 2 rings (SSSR count). The molecule has 0 aliphatic carbocycles. The third-order valence-corrected chi connectivity index (χ3v) is 3.35. The second-order valence-electron chi connectivity index (χ2n) is 4.65. The topological polar surface area (TPSA) is 23.5 Å². The largest absolute Gasteiger partial charge is 0.416 e. The van der Waals surface area contributed by atoms with Crippen LogP contribution in [0.15, 0.2) is 24.3 Å². The summed E-state index contributed by atoms with van der Waals surface area (Å²) in [6.45, 7) is 1.37. The number of halogens is 3. The second kappa shape index (κ2) is 5.28. The van der Waals surface area contributed by atoms with Gasteiger partial charge in [-0.15, -0.1) is 0 Å². The van der Waals surface area contributed by atoms with E-state index in [2.05, 4.69) is 0 Å². The third kappa shape index (κ3) is 3.03. The molecule has 0 spiro atoms. The maximum absolute atomic E-state index is 12.6. The van der Waals surface area contributed by atoms with E-state index in [1.807, 2.05) is 4.90 Å². The van der Waals surface area contributed by atoms with Crippen LogP contribution in [-0.4, -0.2) is 29.2 Å². The number of aliphatic hydroxyl groups is 1. The summed E-state index contributed by atoms with van der Waals surface area (Å²) < 4.78 is 37.7. The fraction of sp³-hybridized carbons (Fsp3) is 0.538. The molecule has 2 nitrogen and oxygen atoms in total. The van der Waals surface area contributed by atoms with Gasteiger partial charge in [0.15, 0.2) is 0 Å². The van der Waals surface area contributed by atoms with Crippen LogP contribution >= 0.6 is 0 Å². The van der Waals surface area contributed by atoms with Crippen LogP contribution in [0.4, 0.5) is 13.2 Å². The maximum Gasteiger partial charge on any atom is 0.416 e. The molecule has 100 valence electrons. The molecule has 0 unspecified atom stereocenters. The Bertz CT molecular complexity index is 405. The Labute approximate surface area is 104 Å². The summed E-state index contributed by atoms with van der Waals surface area (Å²) in [5.41, 5.74) is 0.0323. The molecule has 1 N–H and O–H groups in total. The van der Waals surface area contributed by atoms with Gasteiger partial charge < -0.3 is 5.11 Å². The van der Waals surface area contributed by atoms with Gasteiger partial charge in [-0.3, -0.25) is 4.90 Å². The molecular formula is C13H16F3NO. The van der Waals surface area contributed by atoms with E-state index in [4.69, 9.17) is 0 Å². The average molecular weight is 259 g/mol. The molecule has 1 heterocycles. The summed E-state index contributed by atoms with van der Waals surface area (Å²) >= 11 is 0. The van der Waals surface area contributed by atoms with Gasteiger partial charge in [-0.1, -0.05) is 18.2 Å². The van der Waals surface area contributed by atoms with Crippen molar-refractivity contribution in [2.45, 2.75) is 31.6 Å². The smallest absolute Gasteiger partial charge is 0.395 e. The molecule has 1 aliphatic rings. The van der Waals surface area contributed by atoms with Crippen LogP contribution in [0.25, 0.3) is 0 Å². The van der Waals surface area contributed by atoms with E-state index >= 15 is 0 Å². The number of aliphatic hydroxyl groups excluding tert-OH is 1. The van der Waals surface area contributed by atoms with Gasteiger partial charge >= 0.3 is 6.18 Å². The molecule has 0 radical (unpaired) electrons. The number of alkyl halides is 3. The first kappa shape index (κ1) is 13.4. The number of rotatable bonds is 3. The summed E-state index contributed by atoms with van der Waals surface area (Å²) in [7, 11) is 0. The molecule has 0 amide bonds.